The van der Waals surface area contributed by atoms with Crippen LogP contribution in [0, 0.1) is 18.3 Å². The van der Waals surface area contributed by atoms with E-state index in [0.29, 0.717) is 11.6 Å². The van der Waals surface area contributed by atoms with E-state index >= 15 is 0 Å². The van der Waals surface area contributed by atoms with E-state index in [1.807, 2.05) is 19.1 Å². The Morgan fingerprint density at radius 2 is 2.00 bits per heavy atom. The van der Waals surface area contributed by atoms with E-state index in [1.165, 1.54) is 0 Å². The van der Waals surface area contributed by atoms with Gasteiger partial charge in [0.25, 0.3) is 0 Å². The number of aryl methyl sites for hydroxylation is 1. The van der Waals surface area contributed by atoms with Gasteiger partial charge in [0.2, 0.25) is 0 Å². The molecule has 18 heavy (non-hydrogen) atoms. The van der Waals surface area contributed by atoms with Crippen LogP contribution in [0.5, 0.6) is 0 Å². The molecule has 96 valence electrons. The number of nitriles is 1. The molecule has 0 radical (unpaired) electrons. The number of nitrogens with zero attached hydrogens (tertiary/aromatic N) is 4. The minimum absolute atomic E-state index is 0.668. The fourth-order valence-corrected chi connectivity index (χ4v) is 2.49. The van der Waals surface area contributed by atoms with Crippen LogP contribution in [0.3, 0.4) is 0 Å². The number of anilines is 1. The predicted octanol–water partition coefficient (Wildman–Crippen LogP) is 1.79. The first-order chi connectivity index (χ1) is 8.60. The van der Waals surface area contributed by atoms with Gasteiger partial charge in [0, 0.05) is 24.8 Å². The standard InChI is InChI=1S/C14H20N4/c1-11-8-12(10-15)9-14(16-11)18-6-4-13(5-7-18)17(2)3/h8-9,13H,4-7H2,1-3H3. The van der Waals surface area contributed by atoms with Gasteiger partial charge in [-0.15, -0.1) is 0 Å². The largest absolute Gasteiger partial charge is 0.356 e. The molecule has 0 bridgehead atoms. The summed E-state index contributed by atoms with van der Waals surface area (Å²) < 4.78 is 0. The lowest BCUT2D eigenvalue weighted by molar-refractivity contribution is 0.249. The molecule has 0 saturated carbocycles. The SMILES string of the molecule is Cc1cc(C#N)cc(N2CCC(N(C)C)CC2)n1. The Morgan fingerprint density at radius 3 is 2.56 bits per heavy atom. The van der Waals surface area contributed by atoms with E-state index in [4.69, 9.17) is 5.26 Å². The van der Waals surface area contributed by atoms with Crippen molar-refractivity contribution >= 4 is 5.82 Å². The molecule has 0 N–H and O–H groups in total. The average Bonchev–Trinajstić information content (AvgIpc) is 2.38. The maximum absolute atomic E-state index is 9.00. The monoisotopic (exact) mass is 244 g/mol. The van der Waals surface area contributed by atoms with Crippen molar-refractivity contribution in [3.8, 4) is 6.07 Å². The van der Waals surface area contributed by atoms with Gasteiger partial charge in [-0.3, -0.25) is 0 Å². The Morgan fingerprint density at radius 1 is 1.33 bits per heavy atom. The fraction of sp³-hybridized carbons (Fsp3) is 0.571. The molecule has 1 aliphatic rings. The number of aromatic nitrogens is 1. The highest BCUT2D eigenvalue weighted by molar-refractivity contribution is 5.46. The van der Waals surface area contributed by atoms with Gasteiger partial charge in [0.15, 0.2) is 0 Å². The van der Waals surface area contributed by atoms with Gasteiger partial charge in [0.1, 0.15) is 5.82 Å². The van der Waals surface area contributed by atoms with Crippen molar-refractivity contribution in [3.63, 3.8) is 0 Å². The van der Waals surface area contributed by atoms with Gasteiger partial charge in [0.05, 0.1) is 11.6 Å². The van der Waals surface area contributed by atoms with Crippen LogP contribution < -0.4 is 4.90 Å². The van der Waals surface area contributed by atoms with Crippen molar-refractivity contribution in [3.05, 3.63) is 23.4 Å². The lowest BCUT2D eigenvalue weighted by Crippen LogP contribution is -2.42. The summed E-state index contributed by atoms with van der Waals surface area (Å²) in [5.74, 6) is 0.948. The molecule has 2 rings (SSSR count). The summed E-state index contributed by atoms with van der Waals surface area (Å²) in [7, 11) is 4.28. The van der Waals surface area contributed by atoms with Crippen molar-refractivity contribution in [2.24, 2.45) is 0 Å². The lowest BCUT2D eigenvalue weighted by Gasteiger charge is -2.36. The molecule has 0 amide bonds. The predicted molar refractivity (Wildman–Crippen MR) is 72.6 cm³/mol. The molecule has 1 aromatic rings. The highest BCUT2D eigenvalue weighted by Crippen LogP contribution is 2.21. The molecule has 1 aliphatic heterocycles. The zero-order chi connectivity index (χ0) is 13.1. The smallest absolute Gasteiger partial charge is 0.130 e. The van der Waals surface area contributed by atoms with Gasteiger partial charge >= 0.3 is 0 Å². The Bertz CT molecular complexity index is 453. The van der Waals surface area contributed by atoms with Gasteiger partial charge in [-0.25, -0.2) is 4.98 Å². The summed E-state index contributed by atoms with van der Waals surface area (Å²) in [5.41, 5.74) is 1.62. The number of pyridine rings is 1. The topological polar surface area (TPSA) is 43.2 Å². The van der Waals surface area contributed by atoms with Gasteiger partial charge in [-0.05, 0) is 46.0 Å². The van der Waals surface area contributed by atoms with Crippen LogP contribution in [0.15, 0.2) is 12.1 Å². The third-order valence-corrected chi connectivity index (χ3v) is 3.59. The molecule has 0 unspecified atom stereocenters. The first-order valence-electron chi connectivity index (χ1n) is 6.40. The zero-order valence-electron chi connectivity index (χ0n) is 11.3. The van der Waals surface area contributed by atoms with Crippen LogP contribution in [0.1, 0.15) is 24.1 Å². The van der Waals surface area contributed by atoms with Crippen molar-refractivity contribution in [1.29, 1.82) is 5.26 Å². The molecule has 4 nitrogen and oxygen atoms in total. The summed E-state index contributed by atoms with van der Waals surface area (Å²) >= 11 is 0. The van der Waals surface area contributed by atoms with Crippen LogP contribution in [-0.4, -0.2) is 43.1 Å². The normalized spacial score (nSPS) is 16.9. The van der Waals surface area contributed by atoms with E-state index < -0.39 is 0 Å². The fourth-order valence-electron chi connectivity index (χ4n) is 2.49. The van der Waals surface area contributed by atoms with Crippen molar-refractivity contribution < 1.29 is 0 Å². The number of rotatable bonds is 2. The van der Waals surface area contributed by atoms with E-state index in [0.717, 1.165) is 37.4 Å². The molecule has 0 spiro atoms. The quantitative estimate of drug-likeness (QED) is 0.795. The first-order valence-corrected chi connectivity index (χ1v) is 6.40. The Labute approximate surface area is 109 Å². The van der Waals surface area contributed by atoms with Crippen LogP contribution in [0.2, 0.25) is 0 Å². The second-order valence-corrected chi connectivity index (χ2v) is 5.15. The number of hydrogen-bond donors (Lipinski definition) is 0. The lowest BCUT2D eigenvalue weighted by atomic mass is 10.0. The number of piperidine rings is 1. The third-order valence-electron chi connectivity index (χ3n) is 3.59. The van der Waals surface area contributed by atoms with Crippen molar-refractivity contribution in [2.45, 2.75) is 25.8 Å². The number of hydrogen-bond acceptors (Lipinski definition) is 4. The summed E-state index contributed by atoms with van der Waals surface area (Å²) in [5, 5.41) is 9.00. The average molecular weight is 244 g/mol. The van der Waals surface area contributed by atoms with Crippen molar-refractivity contribution in [1.82, 2.24) is 9.88 Å². The summed E-state index contributed by atoms with van der Waals surface area (Å²) in [6, 6.07) is 6.59. The summed E-state index contributed by atoms with van der Waals surface area (Å²) in [6.45, 7) is 3.98. The molecule has 0 aliphatic carbocycles. The second kappa shape index (κ2) is 5.36. The van der Waals surface area contributed by atoms with Crippen LogP contribution in [0.4, 0.5) is 5.82 Å². The summed E-state index contributed by atoms with van der Waals surface area (Å²) in [6.07, 6.45) is 2.31. The molecule has 0 atom stereocenters. The van der Waals surface area contributed by atoms with E-state index in [2.05, 4.69) is 34.9 Å². The van der Waals surface area contributed by atoms with Gasteiger partial charge < -0.3 is 9.80 Å². The molecule has 2 heterocycles. The highest BCUT2D eigenvalue weighted by atomic mass is 15.2. The van der Waals surface area contributed by atoms with Crippen molar-refractivity contribution in [2.75, 3.05) is 32.1 Å². The Hall–Kier alpha value is -1.60. The van der Waals surface area contributed by atoms with Gasteiger partial charge in [-0.1, -0.05) is 0 Å². The maximum Gasteiger partial charge on any atom is 0.130 e. The molecular weight excluding hydrogens is 224 g/mol. The van der Waals surface area contributed by atoms with Crippen LogP contribution in [-0.2, 0) is 0 Å². The molecule has 0 aromatic carbocycles. The molecular formula is C14H20N4. The first kappa shape index (κ1) is 12.8. The minimum Gasteiger partial charge on any atom is -0.356 e. The minimum atomic E-state index is 0.668. The van der Waals surface area contributed by atoms with Crippen LogP contribution in [0.25, 0.3) is 0 Å². The molecule has 1 aromatic heterocycles. The molecule has 1 saturated heterocycles. The van der Waals surface area contributed by atoms with Gasteiger partial charge in [-0.2, -0.15) is 5.26 Å². The third kappa shape index (κ3) is 2.80. The highest BCUT2D eigenvalue weighted by Gasteiger charge is 2.21. The van der Waals surface area contributed by atoms with E-state index in [1.54, 1.807) is 0 Å². The van der Waals surface area contributed by atoms with Crippen LogP contribution >= 0.6 is 0 Å². The Balaban J connectivity index is 2.10. The molecule has 4 heteroatoms. The second-order valence-electron chi connectivity index (χ2n) is 5.15. The Kier molecular flexibility index (Phi) is 3.83. The van der Waals surface area contributed by atoms with E-state index in [9.17, 15) is 0 Å². The van der Waals surface area contributed by atoms with E-state index in [-0.39, 0.29) is 0 Å². The zero-order valence-corrected chi connectivity index (χ0v) is 11.3. The maximum atomic E-state index is 9.00. The molecule has 1 fully saturated rings. The summed E-state index contributed by atoms with van der Waals surface area (Å²) in [4.78, 5) is 9.12.